The Morgan fingerprint density at radius 2 is 1.77 bits per heavy atom. The predicted octanol–water partition coefficient (Wildman–Crippen LogP) is 2.76. The van der Waals surface area contributed by atoms with E-state index in [0.717, 1.165) is 25.7 Å². The van der Waals surface area contributed by atoms with E-state index in [9.17, 15) is 4.39 Å². The molecule has 0 amide bonds. The molecule has 0 bridgehead atoms. The van der Waals surface area contributed by atoms with Crippen LogP contribution in [-0.2, 0) is 0 Å². The molecule has 126 valence electrons. The summed E-state index contributed by atoms with van der Waals surface area (Å²) in [6.45, 7) is -2.01. The summed E-state index contributed by atoms with van der Waals surface area (Å²) in [5, 5.41) is 1.06. The third-order valence-electron chi connectivity index (χ3n) is 5.03. The highest BCUT2D eigenvalue weighted by Crippen LogP contribution is 2.30. The molecule has 0 radical (unpaired) electrons. The third-order valence-corrected chi connectivity index (χ3v) is 5.75. The summed E-state index contributed by atoms with van der Waals surface area (Å²) in [6.07, 6.45) is 3.42. The van der Waals surface area contributed by atoms with Crippen molar-refractivity contribution in [2.24, 2.45) is 0 Å². The molecule has 0 N–H and O–H groups in total. The fourth-order valence-corrected chi connectivity index (χ4v) is 4.30. The monoisotopic (exact) mass is 454 g/mol. The fraction of sp³-hybridized carbons (Fsp3) is 0. The maximum atomic E-state index is 14.9. The van der Waals surface area contributed by atoms with Crippen molar-refractivity contribution in [3.63, 3.8) is 0 Å². The molecule has 1 aliphatic rings. The molecule has 1 atom stereocenters. The Kier molecular flexibility index (Phi) is 3.50. The van der Waals surface area contributed by atoms with Gasteiger partial charge in [0.05, 0.1) is 0 Å². The lowest BCUT2D eigenvalue weighted by atomic mass is 9.42. The van der Waals surface area contributed by atoms with Crippen LogP contribution in [0.2, 0.25) is 0 Å². The van der Waals surface area contributed by atoms with Gasteiger partial charge in [-0.25, -0.2) is 4.98 Å². The average molecular weight is 454 g/mol. The Bertz CT molecular complexity index is 1150. The van der Waals surface area contributed by atoms with Gasteiger partial charge in [-0.1, -0.05) is 41.9 Å². The molecule has 2 aromatic carbocycles. The van der Waals surface area contributed by atoms with Crippen LogP contribution >= 0.6 is 22.6 Å². The molecule has 6 heteroatoms. The van der Waals surface area contributed by atoms with Crippen molar-refractivity contribution >= 4 is 50.9 Å². The highest BCUT2D eigenvalue weighted by Gasteiger charge is 2.52. The predicted molar refractivity (Wildman–Crippen MR) is 109 cm³/mol. The van der Waals surface area contributed by atoms with Crippen molar-refractivity contribution < 1.29 is 13.5 Å². The van der Waals surface area contributed by atoms with Gasteiger partial charge in [0.25, 0.3) is 0 Å². The van der Waals surface area contributed by atoms with Gasteiger partial charge in [0.2, 0.25) is 5.52 Å². The lowest BCUT2D eigenvalue weighted by Crippen LogP contribution is -2.80. The third kappa shape index (κ3) is 2.11. The summed E-state index contributed by atoms with van der Waals surface area (Å²) < 4.78 is 24.6. The van der Waals surface area contributed by atoms with Crippen LogP contribution in [0.3, 0.4) is 0 Å². The molecule has 3 nitrogen and oxygen atoms in total. The summed E-state index contributed by atoms with van der Waals surface area (Å²) in [6, 6.07) is 21.5. The lowest BCUT2D eigenvalue weighted by molar-refractivity contribution is -0.515. The van der Waals surface area contributed by atoms with E-state index in [4.69, 9.17) is 4.65 Å². The van der Waals surface area contributed by atoms with Gasteiger partial charge in [0.1, 0.15) is 11.9 Å². The molecule has 3 heterocycles. The van der Waals surface area contributed by atoms with E-state index in [1.165, 1.54) is 6.20 Å². The zero-order valence-corrected chi connectivity index (χ0v) is 15.8. The molecule has 5 rings (SSSR count). The first-order valence-electron chi connectivity index (χ1n) is 8.34. The number of aromatic nitrogens is 2. The fourth-order valence-electron chi connectivity index (χ4n) is 3.94. The van der Waals surface area contributed by atoms with E-state index in [0.29, 0.717) is 5.46 Å². The second-order valence-electron chi connectivity index (χ2n) is 6.41. The van der Waals surface area contributed by atoms with Crippen molar-refractivity contribution in [1.82, 2.24) is 4.98 Å². The average Bonchev–Trinajstić information content (AvgIpc) is 3.00. The second-order valence-corrected chi connectivity index (χ2v) is 7.65. The standard InChI is InChI=1S/C20H13BFIN2O/c22-20-17(6-2-12-24-20)21(15-8-10-16(23)11-9-15)25-13-3-5-14-4-1-7-18(26-21)19(14)25/h1-13H/t21-/m1/s1. The van der Waals surface area contributed by atoms with Crippen molar-refractivity contribution in [3.05, 3.63) is 88.6 Å². The molecule has 0 saturated heterocycles. The number of nitrogens with zero attached hydrogens (tertiary/aromatic N) is 2. The van der Waals surface area contributed by atoms with Crippen LogP contribution in [0.4, 0.5) is 4.39 Å². The van der Waals surface area contributed by atoms with Crippen LogP contribution in [-0.4, -0.2) is 11.5 Å². The zero-order valence-electron chi connectivity index (χ0n) is 13.6. The first-order valence-corrected chi connectivity index (χ1v) is 9.42. The Hall–Kier alpha value is -2.48. The van der Waals surface area contributed by atoms with Gasteiger partial charge >= 0.3 is 6.48 Å². The molecular weight excluding hydrogens is 441 g/mol. The minimum atomic E-state index is -2.01. The molecule has 0 saturated carbocycles. The first-order chi connectivity index (χ1) is 12.7. The summed E-state index contributed by atoms with van der Waals surface area (Å²) in [7, 11) is 0. The number of halogens is 2. The molecule has 0 unspecified atom stereocenters. The molecule has 0 fully saturated rings. The smallest absolute Gasteiger partial charge is 0.518 e. The Labute approximate surface area is 163 Å². The van der Waals surface area contributed by atoms with Crippen molar-refractivity contribution in [2.45, 2.75) is 0 Å². The molecule has 0 aliphatic carbocycles. The van der Waals surface area contributed by atoms with Gasteiger partial charge in [-0.15, -0.1) is 0 Å². The number of benzene rings is 2. The van der Waals surface area contributed by atoms with Gasteiger partial charge in [-0.2, -0.15) is 4.39 Å². The SMILES string of the molecule is Fc1ncccc1[B@@-]1(c2ccc(I)cc2)Oc2cccc3ccc[n+]1c23. The van der Waals surface area contributed by atoms with Gasteiger partial charge < -0.3 is 9.13 Å². The molecule has 1 aliphatic heterocycles. The van der Waals surface area contributed by atoms with Crippen LogP contribution in [0, 0.1) is 9.52 Å². The number of rotatable bonds is 2. The van der Waals surface area contributed by atoms with E-state index in [-0.39, 0.29) is 0 Å². The maximum Gasteiger partial charge on any atom is 0.518 e. The van der Waals surface area contributed by atoms with Gasteiger partial charge in [-0.3, -0.25) is 0 Å². The maximum absolute atomic E-state index is 14.9. The van der Waals surface area contributed by atoms with Crippen LogP contribution in [0.1, 0.15) is 0 Å². The van der Waals surface area contributed by atoms with Gasteiger partial charge in [0.15, 0.2) is 5.95 Å². The van der Waals surface area contributed by atoms with Gasteiger partial charge in [-0.05, 0) is 58.4 Å². The zero-order chi connectivity index (χ0) is 17.7. The number of pyridine rings is 2. The second kappa shape index (κ2) is 5.77. The number of hydrogen-bond donors (Lipinski definition) is 0. The van der Waals surface area contributed by atoms with Crippen molar-refractivity contribution in [1.29, 1.82) is 0 Å². The molecule has 4 aromatic rings. The summed E-state index contributed by atoms with van der Waals surface area (Å²) in [4.78, 5) is 3.89. The number of para-hydroxylation sites is 1. The summed E-state index contributed by atoms with van der Waals surface area (Å²) >= 11 is 2.26. The summed E-state index contributed by atoms with van der Waals surface area (Å²) in [5.41, 5.74) is 2.32. The molecular formula is C20H13BFIN2O. The normalized spacial score (nSPS) is 18.1. The first kappa shape index (κ1) is 15.8. The van der Waals surface area contributed by atoms with Crippen LogP contribution < -0.4 is 20.1 Å². The Balaban J connectivity index is 1.91. The van der Waals surface area contributed by atoms with E-state index in [1.807, 2.05) is 60.8 Å². The topological polar surface area (TPSA) is 26.0 Å². The minimum absolute atomic E-state index is 0.447. The largest absolute Gasteiger partial charge is 0.647 e. The van der Waals surface area contributed by atoms with E-state index in [1.54, 1.807) is 12.1 Å². The number of hydrogen-bond acceptors (Lipinski definition) is 2. The highest BCUT2D eigenvalue weighted by atomic mass is 127. The Morgan fingerprint density at radius 1 is 0.962 bits per heavy atom. The molecule has 26 heavy (non-hydrogen) atoms. The molecule has 0 spiro atoms. The van der Waals surface area contributed by atoms with Crippen molar-refractivity contribution in [2.75, 3.05) is 0 Å². The lowest BCUT2D eigenvalue weighted by Gasteiger charge is -2.31. The quantitative estimate of drug-likeness (QED) is 0.265. The van der Waals surface area contributed by atoms with Crippen molar-refractivity contribution in [3.8, 4) is 5.75 Å². The van der Waals surface area contributed by atoms with Crippen LogP contribution in [0.25, 0.3) is 10.9 Å². The van der Waals surface area contributed by atoms with E-state index in [2.05, 4.69) is 32.1 Å². The van der Waals surface area contributed by atoms with Crippen LogP contribution in [0.15, 0.2) is 79.1 Å². The molecule has 2 aromatic heterocycles. The summed E-state index contributed by atoms with van der Waals surface area (Å²) in [5.74, 6) is 0.244. The Morgan fingerprint density at radius 3 is 2.58 bits per heavy atom. The minimum Gasteiger partial charge on any atom is -0.647 e. The van der Waals surface area contributed by atoms with E-state index >= 15 is 0 Å². The highest BCUT2D eigenvalue weighted by molar-refractivity contribution is 14.1. The van der Waals surface area contributed by atoms with E-state index < -0.39 is 12.4 Å². The van der Waals surface area contributed by atoms with Crippen LogP contribution in [0.5, 0.6) is 5.75 Å². The van der Waals surface area contributed by atoms with Gasteiger partial charge in [0, 0.05) is 15.2 Å².